The largest absolute Gasteiger partial charge is 0.497 e. The van der Waals surface area contributed by atoms with Crippen LogP contribution in [0.2, 0.25) is 0 Å². The number of hydrogen-bond donors (Lipinski definition) is 1. The Morgan fingerprint density at radius 1 is 1.50 bits per heavy atom. The average Bonchev–Trinajstić information content (AvgIpc) is 2.96. The van der Waals surface area contributed by atoms with Gasteiger partial charge in [-0.25, -0.2) is 0 Å². The Hall–Kier alpha value is -1.81. The van der Waals surface area contributed by atoms with Crippen molar-refractivity contribution in [3.8, 4) is 5.75 Å². The fourth-order valence-electron chi connectivity index (χ4n) is 2.85. The molecule has 1 fully saturated rings. The molecular formula is C16H21NO3. The van der Waals surface area contributed by atoms with E-state index in [9.17, 15) is 9.90 Å². The number of nitrogens with zero attached hydrogens (tertiary/aromatic N) is 1. The second-order valence-corrected chi connectivity index (χ2v) is 5.27. The molecular weight excluding hydrogens is 254 g/mol. The molecule has 1 heterocycles. The Kier molecular flexibility index (Phi) is 4.14. The normalized spacial score (nSPS) is 21.4. The Balaban J connectivity index is 2.27. The van der Waals surface area contributed by atoms with Crippen molar-refractivity contribution < 1.29 is 14.6 Å². The van der Waals surface area contributed by atoms with E-state index >= 15 is 0 Å². The van der Waals surface area contributed by atoms with Gasteiger partial charge in [0.2, 0.25) is 5.91 Å². The van der Waals surface area contributed by atoms with Crippen molar-refractivity contribution in [2.24, 2.45) is 0 Å². The third kappa shape index (κ3) is 2.56. The number of likely N-dealkylation sites (tertiary alicyclic amines) is 1. The molecule has 20 heavy (non-hydrogen) atoms. The molecule has 1 aliphatic heterocycles. The van der Waals surface area contributed by atoms with Crippen molar-refractivity contribution in [1.82, 2.24) is 4.90 Å². The van der Waals surface area contributed by atoms with Crippen molar-refractivity contribution >= 4 is 5.91 Å². The summed E-state index contributed by atoms with van der Waals surface area (Å²) in [6, 6.07) is 7.10. The van der Waals surface area contributed by atoms with Gasteiger partial charge >= 0.3 is 0 Å². The number of benzene rings is 1. The molecule has 4 nitrogen and oxygen atoms in total. The van der Waals surface area contributed by atoms with Crippen LogP contribution < -0.4 is 4.74 Å². The van der Waals surface area contributed by atoms with E-state index in [1.54, 1.807) is 18.9 Å². The summed E-state index contributed by atoms with van der Waals surface area (Å²) in [4.78, 5) is 13.6. The highest BCUT2D eigenvalue weighted by Crippen LogP contribution is 2.35. The summed E-state index contributed by atoms with van der Waals surface area (Å²) in [5.41, 5.74) is -0.298. The number of ether oxygens (including phenoxy) is 1. The molecule has 0 spiro atoms. The lowest BCUT2D eigenvalue weighted by atomic mass is 9.86. The van der Waals surface area contributed by atoms with Crippen molar-refractivity contribution in [2.75, 3.05) is 13.7 Å². The first-order chi connectivity index (χ1) is 9.50. The van der Waals surface area contributed by atoms with E-state index in [2.05, 4.69) is 6.58 Å². The summed E-state index contributed by atoms with van der Waals surface area (Å²) in [5.74, 6) is 0.622. The summed E-state index contributed by atoms with van der Waals surface area (Å²) in [6.45, 7) is 5.95. The topological polar surface area (TPSA) is 49.8 Å². The Morgan fingerprint density at radius 2 is 2.15 bits per heavy atom. The minimum atomic E-state index is -1.08. The summed E-state index contributed by atoms with van der Waals surface area (Å²) >= 11 is 0. The molecule has 1 aromatic carbocycles. The molecule has 2 rings (SSSR count). The standard InChI is InChI=1S/C16H21NO3/c1-4-15(18)17-11-5-6-14(17)16(2,19)12-7-9-13(20-3)10-8-12/h4,7-10,14,19H,1,5-6,11H2,2-3H3. The summed E-state index contributed by atoms with van der Waals surface area (Å²) < 4.78 is 5.12. The van der Waals surface area contributed by atoms with Crippen molar-refractivity contribution in [3.05, 3.63) is 42.5 Å². The second-order valence-electron chi connectivity index (χ2n) is 5.27. The number of methoxy groups -OCH3 is 1. The van der Waals surface area contributed by atoms with Crippen LogP contribution in [-0.2, 0) is 10.4 Å². The number of rotatable bonds is 4. The third-order valence-corrected chi connectivity index (χ3v) is 4.03. The Labute approximate surface area is 119 Å². The van der Waals surface area contributed by atoms with Crippen LogP contribution in [0, 0.1) is 0 Å². The maximum absolute atomic E-state index is 11.9. The molecule has 2 atom stereocenters. The molecule has 1 aliphatic rings. The molecule has 0 saturated carbocycles. The van der Waals surface area contributed by atoms with Gasteiger partial charge < -0.3 is 14.7 Å². The molecule has 0 aromatic heterocycles. The van der Waals surface area contributed by atoms with Crippen LogP contribution in [0.25, 0.3) is 0 Å². The van der Waals surface area contributed by atoms with Gasteiger partial charge in [0.1, 0.15) is 11.4 Å². The monoisotopic (exact) mass is 275 g/mol. The summed E-state index contributed by atoms with van der Waals surface area (Å²) in [6.07, 6.45) is 3.00. The van der Waals surface area contributed by atoms with Crippen LogP contribution in [0.5, 0.6) is 5.75 Å². The number of hydrogen-bond acceptors (Lipinski definition) is 3. The lowest BCUT2D eigenvalue weighted by molar-refractivity contribution is -0.132. The molecule has 1 amide bonds. The van der Waals surface area contributed by atoms with Crippen molar-refractivity contribution in [1.29, 1.82) is 0 Å². The minimum absolute atomic E-state index is 0.124. The van der Waals surface area contributed by atoms with Crippen LogP contribution in [0.15, 0.2) is 36.9 Å². The molecule has 1 N–H and O–H groups in total. The summed E-state index contributed by atoms with van der Waals surface area (Å²) in [5, 5.41) is 10.9. The second kappa shape index (κ2) is 5.67. The number of amides is 1. The fraction of sp³-hybridized carbons (Fsp3) is 0.438. The zero-order chi connectivity index (χ0) is 14.8. The number of carbonyl (C=O) groups excluding carboxylic acids is 1. The van der Waals surface area contributed by atoms with Gasteiger partial charge in [0.05, 0.1) is 13.2 Å². The molecule has 1 aromatic rings. The molecule has 1 saturated heterocycles. The zero-order valence-corrected chi connectivity index (χ0v) is 12.0. The zero-order valence-electron chi connectivity index (χ0n) is 12.0. The van der Waals surface area contributed by atoms with Gasteiger partial charge in [0.15, 0.2) is 0 Å². The van der Waals surface area contributed by atoms with E-state index < -0.39 is 5.60 Å². The molecule has 0 aliphatic carbocycles. The number of carbonyl (C=O) groups is 1. The van der Waals surface area contributed by atoms with Crippen LogP contribution in [0.3, 0.4) is 0 Å². The van der Waals surface area contributed by atoms with Gasteiger partial charge in [-0.15, -0.1) is 0 Å². The highest BCUT2D eigenvalue weighted by molar-refractivity contribution is 5.87. The van der Waals surface area contributed by atoms with E-state index in [-0.39, 0.29) is 11.9 Å². The average molecular weight is 275 g/mol. The van der Waals surface area contributed by atoms with Gasteiger partial charge in [0.25, 0.3) is 0 Å². The molecule has 0 bridgehead atoms. The van der Waals surface area contributed by atoms with Crippen LogP contribution in [-0.4, -0.2) is 35.6 Å². The van der Waals surface area contributed by atoms with Gasteiger partial charge in [-0.3, -0.25) is 4.79 Å². The van der Waals surface area contributed by atoms with Gasteiger partial charge in [-0.1, -0.05) is 18.7 Å². The van der Waals surface area contributed by atoms with E-state index in [0.29, 0.717) is 6.54 Å². The summed E-state index contributed by atoms with van der Waals surface area (Å²) in [7, 11) is 1.61. The first-order valence-electron chi connectivity index (χ1n) is 6.80. The first-order valence-corrected chi connectivity index (χ1v) is 6.80. The van der Waals surface area contributed by atoms with Gasteiger partial charge in [0, 0.05) is 6.54 Å². The lowest BCUT2D eigenvalue weighted by Gasteiger charge is -2.36. The Bertz CT molecular complexity index is 493. The smallest absolute Gasteiger partial charge is 0.246 e. The predicted molar refractivity (Wildman–Crippen MR) is 77.5 cm³/mol. The van der Waals surface area contributed by atoms with Crippen LogP contribution >= 0.6 is 0 Å². The predicted octanol–water partition coefficient (Wildman–Crippen LogP) is 2.08. The Morgan fingerprint density at radius 3 is 2.70 bits per heavy atom. The van der Waals surface area contributed by atoms with E-state index in [0.717, 1.165) is 24.2 Å². The van der Waals surface area contributed by atoms with Gasteiger partial charge in [-0.05, 0) is 43.5 Å². The van der Waals surface area contributed by atoms with Crippen LogP contribution in [0.1, 0.15) is 25.3 Å². The van der Waals surface area contributed by atoms with E-state index in [4.69, 9.17) is 4.74 Å². The highest BCUT2D eigenvalue weighted by atomic mass is 16.5. The van der Waals surface area contributed by atoms with E-state index in [1.807, 2.05) is 24.3 Å². The quantitative estimate of drug-likeness (QED) is 0.856. The molecule has 108 valence electrons. The van der Waals surface area contributed by atoms with Crippen molar-refractivity contribution in [3.63, 3.8) is 0 Å². The van der Waals surface area contributed by atoms with Gasteiger partial charge in [-0.2, -0.15) is 0 Å². The molecule has 2 unspecified atom stereocenters. The number of aliphatic hydroxyl groups is 1. The highest BCUT2D eigenvalue weighted by Gasteiger charge is 2.41. The SMILES string of the molecule is C=CC(=O)N1CCCC1C(C)(O)c1ccc(OC)cc1. The maximum Gasteiger partial charge on any atom is 0.246 e. The van der Waals surface area contributed by atoms with E-state index in [1.165, 1.54) is 6.08 Å². The lowest BCUT2D eigenvalue weighted by Crippen LogP contribution is -2.47. The third-order valence-electron chi connectivity index (χ3n) is 4.03. The fourth-order valence-corrected chi connectivity index (χ4v) is 2.85. The first kappa shape index (κ1) is 14.6. The molecule has 0 radical (unpaired) electrons. The maximum atomic E-state index is 11.9. The van der Waals surface area contributed by atoms with Crippen molar-refractivity contribution in [2.45, 2.75) is 31.4 Å². The molecule has 4 heteroatoms. The van der Waals surface area contributed by atoms with Crippen LogP contribution in [0.4, 0.5) is 0 Å². The minimum Gasteiger partial charge on any atom is -0.497 e.